The van der Waals surface area contributed by atoms with Crippen LogP contribution in [-0.2, 0) is 0 Å². The van der Waals surface area contributed by atoms with Crippen LogP contribution in [0.1, 0.15) is 24.7 Å². The normalized spacial score (nSPS) is 15.9. The Morgan fingerprint density at radius 2 is 2.04 bits per heavy atom. The van der Waals surface area contributed by atoms with E-state index < -0.39 is 0 Å². The third kappa shape index (κ3) is 2.35. The molecule has 5 rings (SSSR count). The summed E-state index contributed by atoms with van der Waals surface area (Å²) in [5, 5.41) is 13.3. The van der Waals surface area contributed by atoms with Crippen molar-refractivity contribution in [2.45, 2.75) is 18.8 Å². The van der Waals surface area contributed by atoms with Gasteiger partial charge in [0.1, 0.15) is 11.7 Å². The molecule has 0 unspecified atom stereocenters. The van der Waals surface area contributed by atoms with Crippen LogP contribution in [0.25, 0.3) is 16.1 Å². The Hall–Kier alpha value is -2.94. The largest absolute Gasteiger partial charge is 0.440 e. The first-order valence-corrected chi connectivity index (χ1v) is 9.29. The van der Waals surface area contributed by atoms with E-state index in [9.17, 15) is 10.1 Å². The van der Waals surface area contributed by atoms with Gasteiger partial charge >= 0.3 is 5.82 Å². The number of oxazole rings is 1. The molecular weight excluding hydrogens is 354 g/mol. The zero-order valence-electron chi connectivity index (χ0n) is 13.7. The molecule has 0 bridgehead atoms. The molecule has 26 heavy (non-hydrogen) atoms. The monoisotopic (exact) mass is 369 g/mol. The Kier molecular flexibility index (Phi) is 3.42. The SMILES string of the molecule is O=[N+]([O-])c1c(N2CCC(c3nc4ccccc4o3)CC2)nc2sccn12. The second-order valence-corrected chi connectivity index (χ2v) is 7.23. The number of benzene rings is 1. The van der Waals surface area contributed by atoms with Gasteiger partial charge in [0, 0.05) is 24.4 Å². The van der Waals surface area contributed by atoms with Crippen LogP contribution >= 0.6 is 11.3 Å². The van der Waals surface area contributed by atoms with Crippen LogP contribution in [0.5, 0.6) is 0 Å². The van der Waals surface area contributed by atoms with E-state index in [1.54, 1.807) is 16.0 Å². The zero-order chi connectivity index (χ0) is 17.7. The molecule has 1 fully saturated rings. The van der Waals surface area contributed by atoms with Crippen molar-refractivity contribution < 1.29 is 9.34 Å². The van der Waals surface area contributed by atoms with Gasteiger partial charge in [-0.2, -0.15) is 9.38 Å². The minimum atomic E-state index is -0.352. The molecule has 3 aromatic heterocycles. The standard InChI is InChI=1S/C17H15N5O3S/c23-22(24)16-14(19-17-21(16)9-10-26-17)20-7-5-11(6-8-20)15-18-12-3-1-2-4-13(12)25-15/h1-4,9-11H,5-8H2. The van der Waals surface area contributed by atoms with Crippen LogP contribution in [0, 0.1) is 10.1 Å². The van der Waals surface area contributed by atoms with Crippen molar-refractivity contribution in [1.82, 2.24) is 14.4 Å². The number of hydrogen-bond acceptors (Lipinski definition) is 7. The highest BCUT2D eigenvalue weighted by Gasteiger charge is 2.32. The maximum Gasteiger partial charge on any atom is 0.373 e. The third-order valence-corrected chi connectivity index (χ3v) is 5.60. The number of para-hydroxylation sites is 2. The molecule has 0 spiro atoms. The van der Waals surface area contributed by atoms with Gasteiger partial charge in [-0.3, -0.25) is 0 Å². The first-order chi connectivity index (χ1) is 12.7. The molecule has 132 valence electrons. The number of nitrogens with zero attached hydrogens (tertiary/aromatic N) is 5. The molecule has 0 saturated carbocycles. The highest BCUT2D eigenvalue weighted by molar-refractivity contribution is 7.15. The quantitative estimate of drug-likeness (QED) is 0.403. The molecule has 4 heterocycles. The summed E-state index contributed by atoms with van der Waals surface area (Å²) in [4.78, 5) is 22.9. The number of hydrogen-bond donors (Lipinski definition) is 0. The summed E-state index contributed by atoms with van der Waals surface area (Å²) in [5.74, 6) is 1.48. The molecule has 1 saturated heterocycles. The van der Waals surface area contributed by atoms with Gasteiger partial charge < -0.3 is 19.4 Å². The fourth-order valence-electron chi connectivity index (χ4n) is 3.55. The molecular formula is C17H15N5O3S. The summed E-state index contributed by atoms with van der Waals surface area (Å²) in [5.41, 5.74) is 1.67. The summed E-state index contributed by atoms with van der Waals surface area (Å²) in [6.45, 7) is 1.38. The molecule has 4 aromatic rings. The highest BCUT2D eigenvalue weighted by Crippen LogP contribution is 2.36. The maximum absolute atomic E-state index is 11.5. The van der Waals surface area contributed by atoms with Crippen molar-refractivity contribution in [3.63, 3.8) is 0 Å². The topological polar surface area (TPSA) is 89.7 Å². The van der Waals surface area contributed by atoms with Gasteiger partial charge in [-0.15, -0.1) is 0 Å². The van der Waals surface area contributed by atoms with Crippen molar-refractivity contribution in [2.75, 3.05) is 18.0 Å². The predicted octanol–water partition coefficient (Wildman–Crippen LogP) is 3.83. The van der Waals surface area contributed by atoms with Crippen molar-refractivity contribution in [3.8, 4) is 0 Å². The maximum atomic E-state index is 11.5. The Bertz CT molecular complexity index is 1070. The molecule has 1 aliphatic rings. The van der Waals surface area contributed by atoms with E-state index in [4.69, 9.17) is 4.42 Å². The number of rotatable bonds is 3. The minimum absolute atomic E-state index is 0.0431. The number of anilines is 1. The zero-order valence-corrected chi connectivity index (χ0v) is 14.6. The Labute approximate surface area is 151 Å². The van der Waals surface area contributed by atoms with Gasteiger partial charge in [-0.05, 0) is 29.9 Å². The summed E-state index contributed by atoms with van der Waals surface area (Å²) < 4.78 is 7.44. The van der Waals surface area contributed by atoms with Crippen molar-refractivity contribution >= 4 is 39.0 Å². The number of piperidine rings is 1. The molecule has 1 aromatic carbocycles. The Balaban J connectivity index is 1.39. The fraction of sp³-hybridized carbons (Fsp3) is 0.294. The first kappa shape index (κ1) is 15.3. The number of aromatic nitrogens is 3. The third-order valence-electron chi connectivity index (χ3n) is 4.85. The fourth-order valence-corrected chi connectivity index (χ4v) is 4.25. The number of imidazole rings is 1. The van der Waals surface area contributed by atoms with Crippen LogP contribution < -0.4 is 4.90 Å². The van der Waals surface area contributed by atoms with Gasteiger partial charge in [-0.1, -0.05) is 23.5 Å². The van der Waals surface area contributed by atoms with Crippen LogP contribution in [0.4, 0.5) is 11.6 Å². The van der Waals surface area contributed by atoms with E-state index in [-0.39, 0.29) is 16.7 Å². The molecule has 0 atom stereocenters. The van der Waals surface area contributed by atoms with Crippen LogP contribution in [0.15, 0.2) is 40.3 Å². The smallest absolute Gasteiger partial charge is 0.373 e. The number of nitro groups is 1. The summed E-state index contributed by atoms with van der Waals surface area (Å²) in [6.07, 6.45) is 3.35. The minimum Gasteiger partial charge on any atom is -0.440 e. The van der Waals surface area contributed by atoms with Gasteiger partial charge in [0.2, 0.25) is 5.82 Å². The second kappa shape index (κ2) is 5.80. The van der Waals surface area contributed by atoms with Crippen LogP contribution in [0.2, 0.25) is 0 Å². The predicted molar refractivity (Wildman–Crippen MR) is 97.9 cm³/mol. The van der Waals surface area contributed by atoms with E-state index in [2.05, 4.69) is 9.97 Å². The van der Waals surface area contributed by atoms with Gasteiger partial charge in [0.15, 0.2) is 11.5 Å². The number of fused-ring (bicyclic) bond motifs is 2. The van der Waals surface area contributed by atoms with Gasteiger partial charge in [0.05, 0.1) is 0 Å². The van der Waals surface area contributed by atoms with E-state index in [1.807, 2.05) is 29.2 Å². The lowest BCUT2D eigenvalue weighted by Gasteiger charge is -2.30. The lowest BCUT2D eigenvalue weighted by molar-refractivity contribution is -0.389. The van der Waals surface area contributed by atoms with Crippen molar-refractivity contribution in [1.29, 1.82) is 0 Å². The molecule has 0 N–H and O–H groups in total. The van der Waals surface area contributed by atoms with Crippen molar-refractivity contribution in [3.05, 3.63) is 51.8 Å². The van der Waals surface area contributed by atoms with Crippen molar-refractivity contribution in [2.24, 2.45) is 0 Å². The van der Waals surface area contributed by atoms with Crippen LogP contribution in [0.3, 0.4) is 0 Å². The van der Waals surface area contributed by atoms with Gasteiger partial charge in [-0.25, -0.2) is 4.98 Å². The van der Waals surface area contributed by atoms with E-state index >= 15 is 0 Å². The molecule has 0 amide bonds. The molecule has 0 radical (unpaired) electrons. The van der Waals surface area contributed by atoms with Crippen LogP contribution in [-0.4, -0.2) is 32.4 Å². The summed E-state index contributed by atoms with van der Waals surface area (Å²) >= 11 is 1.40. The molecule has 1 aliphatic heterocycles. The summed E-state index contributed by atoms with van der Waals surface area (Å²) in [6, 6.07) is 7.74. The summed E-state index contributed by atoms with van der Waals surface area (Å²) in [7, 11) is 0. The average Bonchev–Trinajstić information content (AvgIpc) is 3.34. The lowest BCUT2D eigenvalue weighted by atomic mass is 9.97. The molecule has 0 aliphatic carbocycles. The molecule has 9 heteroatoms. The lowest BCUT2D eigenvalue weighted by Crippen LogP contribution is -2.33. The highest BCUT2D eigenvalue weighted by atomic mass is 32.1. The second-order valence-electron chi connectivity index (χ2n) is 6.35. The number of thiazole rings is 1. The van der Waals surface area contributed by atoms with Gasteiger partial charge in [0.25, 0.3) is 4.96 Å². The van der Waals surface area contributed by atoms with E-state index in [1.165, 1.54) is 11.3 Å². The van der Waals surface area contributed by atoms with E-state index in [0.29, 0.717) is 23.9 Å². The first-order valence-electron chi connectivity index (χ1n) is 8.41. The average molecular weight is 369 g/mol. The molecule has 8 nitrogen and oxygen atoms in total. The Morgan fingerprint density at radius 3 is 2.81 bits per heavy atom. The Morgan fingerprint density at radius 1 is 1.23 bits per heavy atom. The van der Waals surface area contributed by atoms with E-state index in [0.717, 1.165) is 29.8 Å².